The van der Waals surface area contributed by atoms with Crippen LogP contribution >= 0.6 is 11.8 Å². The Hall–Kier alpha value is -1.05. The molecule has 0 saturated carbocycles. The average molecular weight is 328 g/mol. The number of benzene rings is 1. The summed E-state index contributed by atoms with van der Waals surface area (Å²) in [6.45, 7) is 0.394. The van der Waals surface area contributed by atoms with E-state index >= 15 is 0 Å². The number of amides is 1. The molecule has 21 heavy (non-hydrogen) atoms. The van der Waals surface area contributed by atoms with Gasteiger partial charge in [0.1, 0.15) is 6.04 Å². The molecule has 2 rings (SSSR count). The Morgan fingerprint density at radius 3 is 2.52 bits per heavy atom. The first-order valence-electron chi connectivity index (χ1n) is 6.88. The summed E-state index contributed by atoms with van der Waals surface area (Å²) in [5.41, 5.74) is 0. The standard InChI is InChI=1S/C14H20N2O3S2/c1-15-14(17)13-5-3-4-10-16(13)21(18,19)12-8-6-11(20-2)7-9-12/h6-9,13H,3-5,10H2,1-2H3,(H,15,17)/t13-/m1/s1. The first kappa shape index (κ1) is 16.3. The van der Waals surface area contributed by atoms with Gasteiger partial charge in [0.25, 0.3) is 0 Å². The lowest BCUT2D eigenvalue weighted by Crippen LogP contribution is -2.51. The van der Waals surface area contributed by atoms with Gasteiger partial charge < -0.3 is 5.32 Å². The maximum atomic E-state index is 12.8. The number of hydrogen-bond acceptors (Lipinski definition) is 4. The maximum Gasteiger partial charge on any atom is 0.243 e. The van der Waals surface area contributed by atoms with Crippen LogP contribution in [0.3, 0.4) is 0 Å². The molecule has 1 aliphatic rings. The summed E-state index contributed by atoms with van der Waals surface area (Å²) < 4.78 is 26.9. The molecule has 0 bridgehead atoms. The molecule has 5 nitrogen and oxygen atoms in total. The molecular formula is C14H20N2O3S2. The summed E-state index contributed by atoms with van der Waals surface area (Å²) in [4.78, 5) is 13.2. The van der Waals surface area contributed by atoms with Crippen molar-refractivity contribution in [2.75, 3.05) is 19.8 Å². The Morgan fingerprint density at radius 1 is 1.29 bits per heavy atom. The molecule has 116 valence electrons. The SMILES string of the molecule is CNC(=O)[C@H]1CCCCN1S(=O)(=O)c1ccc(SC)cc1. The van der Waals surface area contributed by atoms with Gasteiger partial charge in [0.15, 0.2) is 0 Å². The minimum absolute atomic E-state index is 0.237. The Bertz CT molecular complexity index is 599. The van der Waals surface area contributed by atoms with Gasteiger partial charge in [-0.1, -0.05) is 6.42 Å². The summed E-state index contributed by atoms with van der Waals surface area (Å²) in [7, 11) is -2.09. The molecule has 0 spiro atoms. The van der Waals surface area contributed by atoms with Crippen LogP contribution in [-0.2, 0) is 14.8 Å². The van der Waals surface area contributed by atoms with Crippen LogP contribution in [0.5, 0.6) is 0 Å². The number of likely N-dealkylation sites (N-methyl/N-ethyl adjacent to an activating group) is 1. The second-order valence-electron chi connectivity index (χ2n) is 4.92. The topological polar surface area (TPSA) is 66.5 Å². The second kappa shape index (κ2) is 6.81. The van der Waals surface area contributed by atoms with Gasteiger partial charge in [-0.3, -0.25) is 4.79 Å². The third-order valence-corrected chi connectivity index (χ3v) is 6.33. The van der Waals surface area contributed by atoms with Crippen LogP contribution in [0.2, 0.25) is 0 Å². The number of nitrogens with one attached hydrogen (secondary N) is 1. The Morgan fingerprint density at radius 2 is 1.95 bits per heavy atom. The highest BCUT2D eigenvalue weighted by Crippen LogP contribution is 2.26. The monoisotopic (exact) mass is 328 g/mol. The zero-order valence-corrected chi connectivity index (χ0v) is 13.8. The van der Waals surface area contributed by atoms with Gasteiger partial charge in [-0.25, -0.2) is 8.42 Å². The van der Waals surface area contributed by atoms with Gasteiger partial charge in [0, 0.05) is 18.5 Å². The fourth-order valence-corrected chi connectivity index (χ4v) is 4.57. The Labute approximate surface area is 130 Å². The van der Waals surface area contributed by atoms with Crippen LogP contribution in [0, 0.1) is 0 Å². The molecule has 1 amide bonds. The predicted molar refractivity (Wildman–Crippen MR) is 83.8 cm³/mol. The van der Waals surface area contributed by atoms with E-state index in [0.29, 0.717) is 13.0 Å². The van der Waals surface area contributed by atoms with E-state index in [0.717, 1.165) is 17.7 Å². The fourth-order valence-electron chi connectivity index (χ4n) is 2.50. The van der Waals surface area contributed by atoms with E-state index in [-0.39, 0.29) is 10.8 Å². The smallest absolute Gasteiger partial charge is 0.243 e. The van der Waals surface area contributed by atoms with Crippen molar-refractivity contribution in [2.45, 2.75) is 35.1 Å². The van der Waals surface area contributed by atoms with Crippen LogP contribution in [0.15, 0.2) is 34.1 Å². The number of hydrogen-bond donors (Lipinski definition) is 1. The van der Waals surface area contributed by atoms with Crippen molar-refractivity contribution in [3.8, 4) is 0 Å². The van der Waals surface area contributed by atoms with Crippen molar-refractivity contribution in [3.05, 3.63) is 24.3 Å². The van der Waals surface area contributed by atoms with E-state index in [1.54, 1.807) is 36.0 Å². The van der Waals surface area contributed by atoms with Crippen molar-refractivity contribution in [1.82, 2.24) is 9.62 Å². The van der Waals surface area contributed by atoms with Crippen LogP contribution in [0.4, 0.5) is 0 Å². The number of carbonyl (C=O) groups excluding carboxylic acids is 1. The summed E-state index contributed by atoms with van der Waals surface area (Å²) >= 11 is 1.56. The van der Waals surface area contributed by atoms with Crippen LogP contribution in [-0.4, -0.2) is 44.5 Å². The highest BCUT2D eigenvalue weighted by atomic mass is 32.2. The normalized spacial score (nSPS) is 20.2. The molecule has 1 saturated heterocycles. The Kier molecular flexibility index (Phi) is 5.29. The first-order chi connectivity index (χ1) is 10.0. The zero-order valence-electron chi connectivity index (χ0n) is 12.2. The highest BCUT2D eigenvalue weighted by molar-refractivity contribution is 7.98. The number of piperidine rings is 1. The third kappa shape index (κ3) is 3.41. The van der Waals surface area contributed by atoms with Crippen molar-refractivity contribution in [1.29, 1.82) is 0 Å². The molecule has 0 aromatic heterocycles. The summed E-state index contributed by atoms with van der Waals surface area (Å²) in [6.07, 6.45) is 4.17. The lowest BCUT2D eigenvalue weighted by molar-refractivity contribution is -0.125. The molecule has 1 heterocycles. The highest BCUT2D eigenvalue weighted by Gasteiger charge is 2.37. The van der Waals surface area contributed by atoms with Gasteiger partial charge in [0.05, 0.1) is 4.90 Å². The van der Waals surface area contributed by atoms with Gasteiger partial charge in [0.2, 0.25) is 15.9 Å². The average Bonchev–Trinajstić information content (AvgIpc) is 2.54. The van der Waals surface area contributed by atoms with Gasteiger partial charge in [-0.05, 0) is 43.4 Å². The van der Waals surface area contributed by atoms with Crippen molar-refractivity contribution < 1.29 is 13.2 Å². The van der Waals surface area contributed by atoms with E-state index in [4.69, 9.17) is 0 Å². The van der Waals surface area contributed by atoms with Crippen molar-refractivity contribution in [3.63, 3.8) is 0 Å². The number of sulfonamides is 1. The molecule has 0 radical (unpaired) electrons. The van der Waals surface area contributed by atoms with E-state index in [1.807, 2.05) is 6.26 Å². The lowest BCUT2D eigenvalue weighted by Gasteiger charge is -2.33. The van der Waals surface area contributed by atoms with Crippen molar-refractivity contribution >= 4 is 27.7 Å². The largest absolute Gasteiger partial charge is 0.358 e. The number of carbonyl (C=O) groups is 1. The van der Waals surface area contributed by atoms with Crippen LogP contribution < -0.4 is 5.32 Å². The molecule has 0 unspecified atom stereocenters. The number of thioether (sulfide) groups is 1. The number of nitrogens with zero attached hydrogens (tertiary/aromatic N) is 1. The van der Waals surface area contributed by atoms with E-state index in [1.165, 1.54) is 11.4 Å². The van der Waals surface area contributed by atoms with Gasteiger partial charge in [-0.15, -0.1) is 11.8 Å². The minimum Gasteiger partial charge on any atom is -0.358 e. The van der Waals surface area contributed by atoms with E-state index in [9.17, 15) is 13.2 Å². The molecular weight excluding hydrogens is 308 g/mol. The molecule has 1 aliphatic heterocycles. The first-order valence-corrected chi connectivity index (χ1v) is 9.54. The second-order valence-corrected chi connectivity index (χ2v) is 7.69. The van der Waals surface area contributed by atoms with E-state index < -0.39 is 16.1 Å². The van der Waals surface area contributed by atoms with Gasteiger partial charge in [-0.2, -0.15) is 4.31 Å². The Balaban J connectivity index is 2.33. The van der Waals surface area contributed by atoms with E-state index in [2.05, 4.69) is 5.32 Å². The molecule has 1 fully saturated rings. The summed E-state index contributed by atoms with van der Waals surface area (Å²) in [5.74, 6) is -0.237. The number of rotatable bonds is 4. The maximum absolute atomic E-state index is 12.8. The van der Waals surface area contributed by atoms with Crippen molar-refractivity contribution in [2.24, 2.45) is 0 Å². The summed E-state index contributed by atoms with van der Waals surface area (Å²) in [5, 5.41) is 2.56. The molecule has 1 N–H and O–H groups in total. The van der Waals surface area contributed by atoms with Crippen LogP contribution in [0.25, 0.3) is 0 Å². The lowest BCUT2D eigenvalue weighted by atomic mass is 10.0. The third-order valence-electron chi connectivity index (χ3n) is 3.67. The quantitative estimate of drug-likeness (QED) is 0.854. The molecule has 1 atom stereocenters. The van der Waals surface area contributed by atoms with Gasteiger partial charge >= 0.3 is 0 Å². The molecule has 0 aliphatic carbocycles. The molecule has 7 heteroatoms. The minimum atomic E-state index is -3.63. The molecule has 1 aromatic rings. The predicted octanol–water partition coefficient (Wildman–Crippen LogP) is 1.70. The summed E-state index contributed by atoms with van der Waals surface area (Å²) in [6, 6.07) is 6.19. The molecule has 1 aromatic carbocycles. The fraction of sp³-hybridized carbons (Fsp3) is 0.500. The zero-order chi connectivity index (χ0) is 15.5. The van der Waals surface area contributed by atoms with Crippen LogP contribution in [0.1, 0.15) is 19.3 Å².